The molecule has 2 N–H and O–H groups in total. The molecule has 4 nitrogen and oxygen atoms in total. The number of carbonyl (C=O) groups excluding carboxylic acids is 1. The largest absolute Gasteiger partial charge is 0.376 e. The maximum absolute atomic E-state index is 11.6. The number of hydrogen-bond acceptors (Lipinski definition) is 3. The maximum Gasteiger partial charge on any atom is 0.239 e. The molecule has 1 rings (SSSR count). The zero-order chi connectivity index (χ0) is 12.2. The Bertz CT molecular complexity index is 369. The molecule has 0 atom stereocenters. The monoisotopic (exact) mass is 221 g/mol. The summed E-state index contributed by atoms with van der Waals surface area (Å²) >= 11 is 0. The second-order valence-corrected chi connectivity index (χ2v) is 4.84. The molecule has 0 spiro atoms. The SMILES string of the molecule is Cc1cnccc1NCC(=O)NC(C)(C)C. The van der Waals surface area contributed by atoms with E-state index in [2.05, 4.69) is 15.6 Å². The van der Waals surface area contributed by atoms with E-state index in [0.29, 0.717) is 0 Å². The van der Waals surface area contributed by atoms with Crippen molar-refractivity contribution in [2.45, 2.75) is 33.2 Å². The lowest BCUT2D eigenvalue weighted by atomic mass is 10.1. The molecule has 1 amide bonds. The van der Waals surface area contributed by atoms with Gasteiger partial charge >= 0.3 is 0 Å². The van der Waals surface area contributed by atoms with Crippen LogP contribution in [0.15, 0.2) is 18.5 Å². The lowest BCUT2D eigenvalue weighted by molar-refractivity contribution is -0.120. The first-order chi connectivity index (χ1) is 7.38. The zero-order valence-electron chi connectivity index (χ0n) is 10.3. The smallest absolute Gasteiger partial charge is 0.239 e. The Kier molecular flexibility index (Phi) is 3.88. The molecular weight excluding hydrogens is 202 g/mol. The van der Waals surface area contributed by atoms with Gasteiger partial charge in [0, 0.05) is 23.6 Å². The average Bonchev–Trinajstić information content (AvgIpc) is 2.14. The van der Waals surface area contributed by atoms with Gasteiger partial charge in [0.25, 0.3) is 0 Å². The van der Waals surface area contributed by atoms with E-state index in [4.69, 9.17) is 0 Å². The van der Waals surface area contributed by atoms with Crippen LogP contribution in [0.25, 0.3) is 0 Å². The van der Waals surface area contributed by atoms with Gasteiger partial charge in [-0.3, -0.25) is 9.78 Å². The number of nitrogens with zero attached hydrogens (tertiary/aromatic N) is 1. The molecule has 0 aromatic carbocycles. The predicted octanol–water partition coefficient (Wildman–Crippen LogP) is 1.72. The standard InChI is InChI=1S/C12H19N3O/c1-9-7-13-6-5-10(9)14-8-11(16)15-12(2,3)4/h5-7H,8H2,1-4H3,(H,13,14)(H,15,16). The fourth-order valence-corrected chi connectivity index (χ4v) is 1.31. The summed E-state index contributed by atoms with van der Waals surface area (Å²) in [5.74, 6) is -0.0105. The van der Waals surface area contributed by atoms with E-state index >= 15 is 0 Å². The van der Waals surface area contributed by atoms with Crippen LogP contribution in [0.2, 0.25) is 0 Å². The van der Waals surface area contributed by atoms with Crippen molar-refractivity contribution in [3.63, 3.8) is 0 Å². The first-order valence-electron chi connectivity index (χ1n) is 5.34. The van der Waals surface area contributed by atoms with Crippen molar-refractivity contribution in [1.82, 2.24) is 10.3 Å². The Labute approximate surface area is 96.5 Å². The number of rotatable bonds is 3. The summed E-state index contributed by atoms with van der Waals surface area (Å²) in [6.07, 6.45) is 3.47. The molecule has 1 aromatic heterocycles. The Hall–Kier alpha value is -1.58. The minimum atomic E-state index is -0.188. The van der Waals surface area contributed by atoms with E-state index in [0.717, 1.165) is 11.3 Å². The average molecular weight is 221 g/mol. The molecule has 0 radical (unpaired) electrons. The number of anilines is 1. The third-order valence-corrected chi connectivity index (χ3v) is 1.97. The number of pyridine rings is 1. The van der Waals surface area contributed by atoms with Gasteiger partial charge in [0.15, 0.2) is 0 Å². The molecule has 0 unspecified atom stereocenters. The molecule has 0 fully saturated rings. The van der Waals surface area contributed by atoms with E-state index in [-0.39, 0.29) is 18.0 Å². The quantitative estimate of drug-likeness (QED) is 0.817. The van der Waals surface area contributed by atoms with Gasteiger partial charge in [0.2, 0.25) is 5.91 Å². The molecule has 16 heavy (non-hydrogen) atoms. The molecule has 1 aromatic rings. The number of hydrogen-bond donors (Lipinski definition) is 2. The summed E-state index contributed by atoms with van der Waals surface area (Å²) in [5.41, 5.74) is 1.79. The highest BCUT2D eigenvalue weighted by Gasteiger charge is 2.13. The highest BCUT2D eigenvalue weighted by Crippen LogP contribution is 2.10. The summed E-state index contributed by atoms with van der Waals surface area (Å²) in [5, 5.41) is 5.98. The second kappa shape index (κ2) is 4.96. The highest BCUT2D eigenvalue weighted by atomic mass is 16.2. The van der Waals surface area contributed by atoms with Crippen molar-refractivity contribution < 1.29 is 4.79 Å². The van der Waals surface area contributed by atoms with Crippen LogP contribution in [0.1, 0.15) is 26.3 Å². The predicted molar refractivity (Wildman–Crippen MR) is 65.4 cm³/mol. The number of aromatic nitrogens is 1. The Morgan fingerprint density at radius 3 is 2.69 bits per heavy atom. The molecule has 0 aliphatic carbocycles. The van der Waals surface area contributed by atoms with Crippen molar-refractivity contribution in [3.8, 4) is 0 Å². The summed E-state index contributed by atoms with van der Waals surface area (Å²) in [7, 11) is 0. The summed E-state index contributed by atoms with van der Waals surface area (Å²) in [6.45, 7) is 8.12. The van der Waals surface area contributed by atoms with Crippen LogP contribution < -0.4 is 10.6 Å². The normalized spacial score (nSPS) is 11.0. The molecule has 0 saturated heterocycles. The summed E-state index contributed by atoms with van der Waals surface area (Å²) < 4.78 is 0. The third-order valence-electron chi connectivity index (χ3n) is 1.97. The molecule has 88 valence electrons. The molecule has 4 heteroatoms. The van der Waals surface area contributed by atoms with Crippen LogP contribution >= 0.6 is 0 Å². The van der Waals surface area contributed by atoms with Crippen LogP contribution in [-0.4, -0.2) is 23.0 Å². The first-order valence-corrected chi connectivity index (χ1v) is 5.34. The van der Waals surface area contributed by atoms with Crippen molar-refractivity contribution in [1.29, 1.82) is 0 Å². The van der Waals surface area contributed by atoms with Gasteiger partial charge < -0.3 is 10.6 Å². The summed E-state index contributed by atoms with van der Waals surface area (Å²) in [4.78, 5) is 15.5. The van der Waals surface area contributed by atoms with Crippen LogP contribution in [0.4, 0.5) is 5.69 Å². The van der Waals surface area contributed by atoms with Gasteiger partial charge in [-0.1, -0.05) is 0 Å². The van der Waals surface area contributed by atoms with E-state index in [1.54, 1.807) is 12.4 Å². The van der Waals surface area contributed by atoms with Crippen molar-refractivity contribution in [2.75, 3.05) is 11.9 Å². The van der Waals surface area contributed by atoms with Gasteiger partial charge in [0.1, 0.15) is 0 Å². The lowest BCUT2D eigenvalue weighted by Gasteiger charge is -2.20. The van der Waals surface area contributed by atoms with E-state index in [1.807, 2.05) is 33.8 Å². The Morgan fingerprint density at radius 2 is 2.12 bits per heavy atom. The molecule has 0 aliphatic rings. The van der Waals surface area contributed by atoms with Gasteiger partial charge in [-0.25, -0.2) is 0 Å². The molecule has 0 saturated carbocycles. The van der Waals surface area contributed by atoms with Crippen LogP contribution in [0.5, 0.6) is 0 Å². The van der Waals surface area contributed by atoms with Gasteiger partial charge in [-0.05, 0) is 39.3 Å². The maximum atomic E-state index is 11.6. The molecule has 0 bridgehead atoms. The Morgan fingerprint density at radius 1 is 1.44 bits per heavy atom. The fourth-order valence-electron chi connectivity index (χ4n) is 1.31. The summed E-state index contributed by atoms with van der Waals surface area (Å²) in [6, 6.07) is 1.86. The van der Waals surface area contributed by atoms with E-state index < -0.39 is 0 Å². The molecular formula is C12H19N3O. The van der Waals surface area contributed by atoms with Crippen LogP contribution in [-0.2, 0) is 4.79 Å². The highest BCUT2D eigenvalue weighted by molar-refractivity contribution is 5.81. The number of amides is 1. The first kappa shape index (κ1) is 12.5. The number of carbonyl (C=O) groups is 1. The van der Waals surface area contributed by atoms with E-state index in [1.165, 1.54) is 0 Å². The zero-order valence-corrected chi connectivity index (χ0v) is 10.3. The second-order valence-electron chi connectivity index (χ2n) is 4.84. The minimum Gasteiger partial charge on any atom is -0.376 e. The number of aryl methyl sites for hydroxylation is 1. The van der Waals surface area contributed by atoms with Gasteiger partial charge in [-0.2, -0.15) is 0 Å². The topological polar surface area (TPSA) is 54.0 Å². The van der Waals surface area contributed by atoms with Crippen molar-refractivity contribution >= 4 is 11.6 Å². The van der Waals surface area contributed by atoms with Gasteiger partial charge in [0.05, 0.1) is 6.54 Å². The molecule has 1 heterocycles. The Balaban J connectivity index is 2.47. The van der Waals surface area contributed by atoms with Crippen LogP contribution in [0, 0.1) is 6.92 Å². The molecule has 0 aliphatic heterocycles. The fraction of sp³-hybridized carbons (Fsp3) is 0.500. The van der Waals surface area contributed by atoms with Gasteiger partial charge in [-0.15, -0.1) is 0 Å². The third kappa shape index (κ3) is 4.29. The minimum absolute atomic E-state index is 0.0105. The van der Waals surface area contributed by atoms with Crippen molar-refractivity contribution in [3.05, 3.63) is 24.0 Å². The number of nitrogens with one attached hydrogen (secondary N) is 2. The van der Waals surface area contributed by atoms with E-state index in [9.17, 15) is 4.79 Å². The lowest BCUT2D eigenvalue weighted by Crippen LogP contribution is -2.43. The van der Waals surface area contributed by atoms with Crippen molar-refractivity contribution in [2.24, 2.45) is 0 Å². The van der Waals surface area contributed by atoms with Crippen LogP contribution in [0.3, 0.4) is 0 Å².